The van der Waals surface area contributed by atoms with E-state index >= 15 is 0 Å². The number of nitrogens with zero attached hydrogens (tertiary/aromatic N) is 2. The van der Waals surface area contributed by atoms with E-state index in [2.05, 4.69) is 276 Å². The normalized spacial score (nSPS) is 12.8. The van der Waals surface area contributed by atoms with Crippen LogP contribution in [0.15, 0.2) is 267 Å². The maximum atomic E-state index is 2.49. The maximum Gasteiger partial charge on any atom is 0.0714 e. The van der Waals surface area contributed by atoms with Crippen molar-refractivity contribution in [2.75, 3.05) is 4.90 Å². The Morgan fingerprint density at radius 1 is 0.290 bits per heavy atom. The second kappa shape index (κ2) is 15.6. The summed E-state index contributed by atoms with van der Waals surface area (Å²) < 4.78 is 2.49. The van der Waals surface area contributed by atoms with Gasteiger partial charge in [0.15, 0.2) is 0 Å². The average molecular weight is 877 g/mol. The van der Waals surface area contributed by atoms with E-state index in [1.807, 2.05) is 0 Å². The first-order valence-corrected chi connectivity index (χ1v) is 23.9. The van der Waals surface area contributed by atoms with Gasteiger partial charge in [-0.1, -0.05) is 206 Å². The molecule has 14 rings (SSSR count). The van der Waals surface area contributed by atoms with Crippen molar-refractivity contribution >= 4 is 38.9 Å². The molecule has 12 aromatic rings. The van der Waals surface area contributed by atoms with Crippen molar-refractivity contribution in [1.82, 2.24) is 4.57 Å². The monoisotopic (exact) mass is 876 g/mol. The number of benzene rings is 11. The molecule has 0 amide bonds. The molecule has 2 aliphatic rings. The summed E-state index contributed by atoms with van der Waals surface area (Å²) in [6.07, 6.45) is 0. The number of rotatable bonds is 7. The smallest absolute Gasteiger partial charge is 0.0714 e. The molecule has 0 unspecified atom stereocenters. The zero-order valence-corrected chi connectivity index (χ0v) is 37.8. The Hall–Kier alpha value is -8.98. The quantitative estimate of drug-likeness (QED) is 0.155. The SMILES string of the molecule is c1ccc(-c2ccc(N(c3ccc(-c4cc5c6c(c4)c4ccccc4n6-c4ccccc4-c4ccccc4-5)cc3)c3ccc4c(c3)C(c3ccccc3)(c3ccccc3)c3ccccc3-4)cc2)cc1. The molecule has 0 saturated heterocycles. The lowest BCUT2D eigenvalue weighted by molar-refractivity contribution is 0.768. The summed E-state index contributed by atoms with van der Waals surface area (Å²) in [5.41, 5.74) is 23.8. The molecule has 2 nitrogen and oxygen atoms in total. The van der Waals surface area contributed by atoms with Gasteiger partial charge in [0.2, 0.25) is 0 Å². The fourth-order valence-electron chi connectivity index (χ4n) is 11.8. The van der Waals surface area contributed by atoms with Crippen LogP contribution in [0.2, 0.25) is 0 Å². The van der Waals surface area contributed by atoms with Crippen LogP contribution in [0.5, 0.6) is 0 Å². The van der Waals surface area contributed by atoms with Gasteiger partial charge < -0.3 is 9.47 Å². The Kier molecular flexibility index (Phi) is 8.84. The van der Waals surface area contributed by atoms with Crippen molar-refractivity contribution in [1.29, 1.82) is 0 Å². The molecular weight excluding hydrogens is 833 g/mol. The Labute approximate surface area is 402 Å². The molecule has 1 aliphatic carbocycles. The highest BCUT2D eigenvalue weighted by Crippen LogP contribution is 2.57. The molecule has 0 atom stereocenters. The second-order valence-corrected chi connectivity index (χ2v) is 18.4. The van der Waals surface area contributed by atoms with Crippen molar-refractivity contribution < 1.29 is 0 Å². The number of hydrogen-bond acceptors (Lipinski definition) is 1. The Morgan fingerprint density at radius 2 is 0.783 bits per heavy atom. The first kappa shape index (κ1) is 39.2. The molecule has 1 aliphatic heterocycles. The molecule has 11 aromatic carbocycles. The molecule has 0 radical (unpaired) electrons. The largest absolute Gasteiger partial charge is 0.310 e. The van der Waals surface area contributed by atoms with Gasteiger partial charge in [-0.2, -0.15) is 0 Å². The van der Waals surface area contributed by atoms with E-state index in [0.29, 0.717) is 0 Å². The highest BCUT2D eigenvalue weighted by atomic mass is 15.1. The zero-order valence-electron chi connectivity index (χ0n) is 37.8. The van der Waals surface area contributed by atoms with Gasteiger partial charge in [0.25, 0.3) is 0 Å². The van der Waals surface area contributed by atoms with Crippen LogP contribution in [0, 0.1) is 0 Å². The standard InChI is InChI=1S/C67H44N2/c1-4-18-45(19-5-1)46-32-36-51(37-33-46)68(53-40-41-57-56-26-12-15-29-62(56)67(63(57)44-53,49-20-6-2-7-21-49)50-22-8-3-9-23-50)52-38-34-47(35-39-52)48-42-60-55-25-11-10-24-54(55)58-27-13-16-30-64(58)69-65-31-17-14-28-59(65)61(43-48)66(60)69/h1-44H. The number of aromatic nitrogens is 1. The predicted octanol–water partition coefficient (Wildman–Crippen LogP) is 17.6. The van der Waals surface area contributed by atoms with Gasteiger partial charge in [0, 0.05) is 39.0 Å². The van der Waals surface area contributed by atoms with Crippen LogP contribution in [0.3, 0.4) is 0 Å². The molecule has 0 bridgehead atoms. The number of fused-ring (bicyclic) bond motifs is 11. The highest BCUT2D eigenvalue weighted by Gasteiger charge is 2.46. The summed E-state index contributed by atoms with van der Waals surface area (Å²) in [5, 5.41) is 2.51. The summed E-state index contributed by atoms with van der Waals surface area (Å²) in [6, 6.07) is 98.7. The van der Waals surface area contributed by atoms with Crippen molar-refractivity contribution in [3.63, 3.8) is 0 Å². The van der Waals surface area contributed by atoms with E-state index in [1.165, 1.54) is 105 Å². The second-order valence-electron chi connectivity index (χ2n) is 18.4. The Bertz CT molecular complexity index is 3880. The predicted molar refractivity (Wildman–Crippen MR) is 288 cm³/mol. The van der Waals surface area contributed by atoms with E-state index < -0.39 is 5.41 Å². The van der Waals surface area contributed by atoms with Gasteiger partial charge >= 0.3 is 0 Å². The molecular formula is C67H44N2. The molecule has 0 N–H and O–H groups in total. The van der Waals surface area contributed by atoms with Crippen LogP contribution >= 0.6 is 0 Å². The lowest BCUT2D eigenvalue weighted by atomic mass is 9.67. The van der Waals surface area contributed by atoms with E-state index in [1.54, 1.807) is 0 Å². The van der Waals surface area contributed by atoms with Crippen molar-refractivity contribution in [3.8, 4) is 61.3 Å². The third-order valence-electron chi connectivity index (χ3n) is 14.8. The number of anilines is 3. The maximum absolute atomic E-state index is 2.49. The van der Waals surface area contributed by atoms with Gasteiger partial charge in [-0.05, 0) is 127 Å². The molecule has 69 heavy (non-hydrogen) atoms. The molecule has 2 heteroatoms. The number of hydrogen-bond donors (Lipinski definition) is 0. The molecule has 0 fully saturated rings. The fourth-order valence-corrected chi connectivity index (χ4v) is 11.8. The first-order valence-electron chi connectivity index (χ1n) is 23.9. The highest BCUT2D eigenvalue weighted by molar-refractivity contribution is 6.17. The molecule has 322 valence electrons. The van der Waals surface area contributed by atoms with E-state index in [9.17, 15) is 0 Å². The third kappa shape index (κ3) is 5.92. The van der Waals surface area contributed by atoms with Crippen LogP contribution in [-0.2, 0) is 5.41 Å². The van der Waals surface area contributed by atoms with E-state index in [4.69, 9.17) is 0 Å². The van der Waals surface area contributed by atoms with E-state index in [0.717, 1.165) is 17.1 Å². The van der Waals surface area contributed by atoms with Crippen LogP contribution in [0.1, 0.15) is 22.3 Å². The van der Waals surface area contributed by atoms with Gasteiger partial charge in [0.05, 0.1) is 22.1 Å². The molecule has 0 saturated carbocycles. The van der Waals surface area contributed by atoms with Crippen molar-refractivity contribution in [3.05, 3.63) is 289 Å². The zero-order chi connectivity index (χ0) is 45.5. The van der Waals surface area contributed by atoms with Gasteiger partial charge in [0.1, 0.15) is 0 Å². The van der Waals surface area contributed by atoms with Gasteiger partial charge in [-0.25, -0.2) is 0 Å². The minimum Gasteiger partial charge on any atom is -0.310 e. The van der Waals surface area contributed by atoms with Crippen LogP contribution in [-0.4, -0.2) is 4.57 Å². The van der Waals surface area contributed by atoms with Crippen molar-refractivity contribution in [2.24, 2.45) is 0 Å². The summed E-state index contributed by atoms with van der Waals surface area (Å²) in [4.78, 5) is 2.43. The average Bonchev–Trinajstić information content (AvgIpc) is 3.88. The summed E-state index contributed by atoms with van der Waals surface area (Å²) in [7, 11) is 0. The summed E-state index contributed by atoms with van der Waals surface area (Å²) in [6.45, 7) is 0. The van der Waals surface area contributed by atoms with Crippen LogP contribution < -0.4 is 4.90 Å². The Balaban J connectivity index is 0.956. The Morgan fingerprint density at radius 3 is 1.46 bits per heavy atom. The van der Waals surface area contributed by atoms with Crippen LogP contribution in [0.25, 0.3) is 83.1 Å². The van der Waals surface area contributed by atoms with Crippen molar-refractivity contribution in [2.45, 2.75) is 5.41 Å². The van der Waals surface area contributed by atoms with E-state index in [-0.39, 0.29) is 0 Å². The lowest BCUT2D eigenvalue weighted by Crippen LogP contribution is -2.28. The minimum atomic E-state index is -0.516. The topological polar surface area (TPSA) is 8.17 Å². The minimum absolute atomic E-state index is 0.516. The number of para-hydroxylation sites is 2. The molecule has 2 heterocycles. The van der Waals surface area contributed by atoms with Crippen LogP contribution in [0.4, 0.5) is 17.1 Å². The summed E-state index contributed by atoms with van der Waals surface area (Å²) >= 11 is 0. The van der Waals surface area contributed by atoms with Gasteiger partial charge in [-0.15, -0.1) is 0 Å². The lowest BCUT2D eigenvalue weighted by Gasteiger charge is -2.35. The molecule has 1 aromatic heterocycles. The first-order chi connectivity index (χ1) is 34.2. The van der Waals surface area contributed by atoms with Gasteiger partial charge in [-0.3, -0.25) is 0 Å². The third-order valence-corrected chi connectivity index (χ3v) is 14.8. The summed E-state index contributed by atoms with van der Waals surface area (Å²) in [5.74, 6) is 0. The molecule has 0 spiro atoms. The fraction of sp³-hybridized carbons (Fsp3) is 0.0149.